The minimum absolute atomic E-state index is 0.0354. The van der Waals surface area contributed by atoms with Gasteiger partial charge in [0.15, 0.2) is 23.0 Å². The van der Waals surface area contributed by atoms with E-state index in [2.05, 4.69) is 0 Å². The van der Waals surface area contributed by atoms with Gasteiger partial charge in [0, 0.05) is 38.9 Å². The molecule has 0 heterocycles. The molecular formula is C34H54O18. The Morgan fingerprint density at radius 3 is 0.942 bits per heavy atom. The molecule has 18 nitrogen and oxygen atoms in total. The molecule has 0 aliphatic rings. The van der Waals surface area contributed by atoms with Crippen LogP contribution in [0.5, 0.6) is 0 Å². The van der Waals surface area contributed by atoms with Crippen LogP contribution in [0.15, 0.2) is 47.3 Å². The first kappa shape index (κ1) is 47.8. The molecule has 6 N–H and O–H groups in total. The van der Waals surface area contributed by atoms with Crippen molar-refractivity contribution in [2.24, 2.45) is 0 Å². The molecule has 0 aromatic rings. The summed E-state index contributed by atoms with van der Waals surface area (Å²) in [5.74, 6) is -5.86. The first-order valence-corrected chi connectivity index (χ1v) is 16.7. The zero-order valence-electron chi connectivity index (χ0n) is 30.1. The molecule has 0 fully saturated rings. The van der Waals surface area contributed by atoms with Crippen molar-refractivity contribution in [3.63, 3.8) is 0 Å². The predicted octanol–water partition coefficient (Wildman–Crippen LogP) is 2.09. The van der Waals surface area contributed by atoms with Crippen molar-refractivity contribution >= 4 is 23.9 Å². The molecule has 0 saturated heterocycles. The SMILES string of the molecule is CC=C(O)C(=O)OCCCOCC(OCCCOC(=O)C(O)=CC)C(O)C(O)C(COCCCOC(=O)C(O)=CC)OCCCOC(=O)C(O)=CC. The Morgan fingerprint density at radius 2 is 0.692 bits per heavy atom. The van der Waals surface area contributed by atoms with Gasteiger partial charge < -0.3 is 68.5 Å². The fourth-order valence-corrected chi connectivity index (χ4v) is 3.67. The van der Waals surface area contributed by atoms with Crippen LogP contribution in [-0.4, -0.2) is 145 Å². The van der Waals surface area contributed by atoms with E-state index in [0.717, 1.165) is 0 Å². The molecule has 52 heavy (non-hydrogen) atoms. The molecule has 0 aromatic carbocycles. The Morgan fingerprint density at radius 1 is 0.442 bits per heavy atom. The Kier molecular flexibility index (Phi) is 27.0. The van der Waals surface area contributed by atoms with Crippen molar-refractivity contribution in [1.29, 1.82) is 0 Å². The largest absolute Gasteiger partial charge is 0.502 e. The van der Waals surface area contributed by atoms with Gasteiger partial charge in [-0.15, -0.1) is 0 Å². The Hall–Kier alpha value is -4.20. The van der Waals surface area contributed by atoms with Gasteiger partial charge in [-0.1, -0.05) is 0 Å². The van der Waals surface area contributed by atoms with E-state index in [1.54, 1.807) is 0 Å². The van der Waals surface area contributed by atoms with E-state index in [-0.39, 0.29) is 91.8 Å². The third-order valence-electron chi connectivity index (χ3n) is 6.65. The molecular weight excluding hydrogens is 696 g/mol. The van der Waals surface area contributed by atoms with Crippen LogP contribution in [0.2, 0.25) is 0 Å². The van der Waals surface area contributed by atoms with Gasteiger partial charge in [0.05, 0.1) is 52.9 Å². The average Bonchev–Trinajstić information content (AvgIpc) is 3.15. The number of hydrogen-bond acceptors (Lipinski definition) is 18. The van der Waals surface area contributed by atoms with Gasteiger partial charge in [-0.3, -0.25) is 0 Å². The summed E-state index contributed by atoms with van der Waals surface area (Å²) >= 11 is 0. The van der Waals surface area contributed by atoms with Gasteiger partial charge in [-0.2, -0.15) is 0 Å². The number of aliphatic hydroxyl groups is 6. The third kappa shape index (κ3) is 21.2. The summed E-state index contributed by atoms with van der Waals surface area (Å²) in [4.78, 5) is 46.5. The van der Waals surface area contributed by atoms with Crippen LogP contribution in [0.1, 0.15) is 53.4 Å². The lowest BCUT2D eigenvalue weighted by Crippen LogP contribution is -2.50. The monoisotopic (exact) mass is 750 g/mol. The molecule has 0 amide bonds. The van der Waals surface area contributed by atoms with E-state index in [1.165, 1.54) is 52.0 Å². The van der Waals surface area contributed by atoms with Crippen LogP contribution >= 0.6 is 0 Å². The fraction of sp³-hybridized carbons (Fsp3) is 0.647. The smallest absolute Gasteiger partial charge is 0.373 e. The highest BCUT2D eigenvalue weighted by Crippen LogP contribution is 2.14. The minimum Gasteiger partial charge on any atom is -0.502 e. The Balaban J connectivity index is 5.47. The number of rotatable bonds is 29. The third-order valence-corrected chi connectivity index (χ3v) is 6.65. The second-order valence-electron chi connectivity index (χ2n) is 10.6. The number of hydrogen-bond donors (Lipinski definition) is 6. The molecule has 0 bridgehead atoms. The van der Waals surface area contributed by atoms with Crippen LogP contribution in [0.25, 0.3) is 0 Å². The minimum atomic E-state index is -1.64. The van der Waals surface area contributed by atoms with E-state index >= 15 is 0 Å². The summed E-state index contributed by atoms with van der Waals surface area (Å²) in [6.45, 7) is 4.83. The molecule has 0 saturated carbocycles. The van der Waals surface area contributed by atoms with Crippen molar-refractivity contribution in [3.8, 4) is 0 Å². The van der Waals surface area contributed by atoms with E-state index in [0.29, 0.717) is 0 Å². The first-order valence-electron chi connectivity index (χ1n) is 16.7. The molecule has 0 aliphatic carbocycles. The van der Waals surface area contributed by atoms with Crippen molar-refractivity contribution in [1.82, 2.24) is 0 Å². The molecule has 0 radical (unpaired) electrons. The summed E-state index contributed by atoms with van der Waals surface area (Å²) in [7, 11) is 0. The molecule has 0 aromatic heterocycles. The van der Waals surface area contributed by atoms with Crippen molar-refractivity contribution in [2.75, 3.05) is 66.1 Å². The maximum atomic E-state index is 11.7. The van der Waals surface area contributed by atoms with Gasteiger partial charge in [-0.25, -0.2) is 19.2 Å². The summed E-state index contributed by atoms with van der Waals surface area (Å²) in [5, 5.41) is 60.0. The maximum absolute atomic E-state index is 11.7. The zero-order valence-corrected chi connectivity index (χ0v) is 30.1. The van der Waals surface area contributed by atoms with Crippen LogP contribution in [-0.2, 0) is 57.1 Å². The number of carbonyl (C=O) groups excluding carboxylic acids is 4. The quantitative estimate of drug-likeness (QED) is 0.0210. The van der Waals surface area contributed by atoms with E-state index in [1.807, 2.05) is 0 Å². The molecule has 18 heteroatoms. The number of ether oxygens (including phenoxy) is 8. The van der Waals surface area contributed by atoms with Gasteiger partial charge >= 0.3 is 23.9 Å². The second-order valence-corrected chi connectivity index (χ2v) is 10.6. The fourth-order valence-electron chi connectivity index (χ4n) is 3.67. The molecule has 0 rings (SSSR count). The maximum Gasteiger partial charge on any atom is 0.373 e. The van der Waals surface area contributed by atoms with Gasteiger partial charge in [0.2, 0.25) is 0 Å². The average molecular weight is 751 g/mol. The van der Waals surface area contributed by atoms with Crippen LogP contribution in [0.3, 0.4) is 0 Å². The van der Waals surface area contributed by atoms with E-state index < -0.39 is 71.3 Å². The van der Waals surface area contributed by atoms with Crippen LogP contribution in [0.4, 0.5) is 0 Å². The lowest BCUT2D eigenvalue weighted by atomic mass is 10.0. The second kappa shape index (κ2) is 29.4. The van der Waals surface area contributed by atoms with Gasteiger partial charge in [-0.05, 0) is 52.0 Å². The lowest BCUT2D eigenvalue weighted by molar-refractivity contribution is -0.166. The molecule has 0 aliphatic heterocycles. The molecule has 0 spiro atoms. The molecule has 298 valence electrons. The standard InChI is InChI=1S/C34H54O18/c1-5-23(35)31(41)49-17-9-13-45-21-27(47-15-11-19-51-33(43)25(37)7-3)29(39)30(40)28(48-16-12-20-52-34(44)26(38)8-4)22-46-14-10-18-50-32(42)24(36)6-2/h5-8,27-30,35-40H,9-22H2,1-4H3. The number of aliphatic hydroxyl groups excluding tert-OH is 6. The zero-order chi connectivity index (χ0) is 39.3. The summed E-state index contributed by atoms with van der Waals surface area (Å²) < 4.78 is 42.3. The first-order chi connectivity index (χ1) is 24.8. The van der Waals surface area contributed by atoms with Crippen LogP contribution in [0, 0.1) is 0 Å². The van der Waals surface area contributed by atoms with Crippen molar-refractivity contribution in [3.05, 3.63) is 47.3 Å². The van der Waals surface area contributed by atoms with E-state index in [4.69, 9.17) is 37.9 Å². The molecule has 4 atom stereocenters. The van der Waals surface area contributed by atoms with Crippen molar-refractivity contribution < 1.29 is 87.7 Å². The number of carbonyl (C=O) groups is 4. The summed E-state index contributed by atoms with van der Waals surface area (Å²) in [6, 6.07) is 0. The number of esters is 4. The Bertz CT molecular complexity index is 1090. The highest BCUT2D eigenvalue weighted by Gasteiger charge is 2.34. The van der Waals surface area contributed by atoms with Gasteiger partial charge in [0.25, 0.3) is 0 Å². The van der Waals surface area contributed by atoms with Crippen LogP contribution < -0.4 is 0 Å². The predicted molar refractivity (Wildman–Crippen MR) is 181 cm³/mol. The van der Waals surface area contributed by atoms with Gasteiger partial charge in [0.1, 0.15) is 24.4 Å². The van der Waals surface area contributed by atoms with E-state index in [9.17, 15) is 49.8 Å². The Labute approximate surface area is 302 Å². The topological polar surface area (TPSA) is 263 Å². The highest BCUT2D eigenvalue weighted by atomic mass is 16.6. The lowest BCUT2D eigenvalue weighted by Gasteiger charge is -2.31. The highest BCUT2D eigenvalue weighted by molar-refractivity contribution is 5.86. The molecule has 4 unspecified atom stereocenters. The summed E-state index contributed by atoms with van der Waals surface area (Å²) in [5.41, 5.74) is 0. The normalized spacial score (nSPS) is 15.0. The summed E-state index contributed by atoms with van der Waals surface area (Å²) in [6.07, 6.45) is -0.174. The van der Waals surface area contributed by atoms with Crippen molar-refractivity contribution in [2.45, 2.75) is 77.8 Å². The number of allylic oxidation sites excluding steroid dienone is 4.